The summed E-state index contributed by atoms with van der Waals surface area (Å²) in [5.74, 6) is 0.314. The van der Waals surface area contributed by atoms with E-state index in [1.165, 1.54) is 4.90 Å². The molecule has 1 unspecified atom stereocenters. The van der Waals surface area contributed by atoms with Crippen molar-refractivity contribution in [3.05, 3.63) is 64.4 Å². The third kappa shape index (κ3) is 5.29. The number of hydrogen-bond donors (Lipinski definition) is 1. The van der Waals surface area contributed by atoms with Gasteiger partial charge in [-0.25, -0.2) is 19.1 Å². The smallest absolute Gasteiger partial charge is 0.417 e. The number of carbonyl (C=O) groups excluding carboxylic acids is 2. The van der Waals surface area contributed by atoms with E-state index >= 15 is 0 Å². The van der Waals surface area contributed by atoms with Gasteiger partial charge in [0.25, 0.3) is 5.91 Å². The van der Waals surface area contributed by atoms with E-state index < -0.39 is 11.7 Å². The lowest BCUT2D eigenvalue weighted by Crippen LogP contribution is -2.44. The molecule has 1 fully saturated rings. The largest absolute Gasteiger partial charge is 0.443 e. The molecule has 2 aromatic carbocycles. The van der Waals surface area contributed by atoms with Gasteiger partial charge in [-0.3, -0.25) is 4.79 Å². The number of ether oxygens (including phenoxy) is 2. The molecule has 1 saturated heterocycles. The monoisotopic (exact) mass is 576 g/mol. The van der Waals surface area contributed by atoms with E-state index in [4.69, 9.17) is 26.2 Å². The first-order chi connectivity index (χ1) is 19.6. The normalized spacial score (nSPS) is 17.5. The molecule has 0 bridgehead atoms. The number of imide groups is 1. The molecule has 0 aliphatic carbocycles. The summed E-state index contributed by atoms with van der Waals surface area (Å²) in [4.78, 5) is 26.7. The average Bonchev–Trinajstić information content (AvgIpc) is 3.53. The summed E-state index contributed by atoms with van der Waals surface area (Å²) >= 11 is 6.82. The van der Waals surface area contributed by atoms with Crippen LogP contribution in [0.1, 0.15) is 67.7 Å². The summed E-state index contributed by atoms with van der Waals surface area (Å²) in [7, 11) is 0. The zero-order valence-corrected chi connectivity index (χ0v) is 24.4. The molecule has 11 heteroatoms. The van der Waals surface area contributed by atoms with E-state index in [2.05, 4.69) is 10.4 Å². The third-order valence-electron chi connectivity index (χ3n) is 7.34. The molecule has 10 nitrogen and oxygen atoms in total. The van der Waals surface area contributed by atoms with Gasteiger partial charge in [-0.1, -0.05) is 11.6 Å². The molecular weight excluding hydrogens is 544 g/mol. The van der Waals surface area contributed by atoms with Crippen LogP contribution >= 0.6 is 11.6 Å². The van der Waals surface area contributed by atoms with Crippen LogP contribution in [0, 0.1) is 6.92 Å². The van der Waals surface area contributed by atoms with Crippen molar-refractivity contribution in [2.24, 2.45) is 0 Å². The van der Waals surface area contributed by atoms with Gasteiger partial charge in [-0.05, 0) is 89.3 Å². The first kappa shape index (κ1) is 27.3. The van der Waals surface area contributed by atoms with Crippen LogP contribution in [-0.2, 0) is 15.9 Å². The number of fused-ring (bicyclic) bond motifs is 2. The van der Waals surface area contributed by atoms with Crippen molar-refractivity contribution in [3.63, 3.8) is 0 Å². The second-order valence-electron chi connectivity index (χ2n) is 11.5. The van der Waals surface area contributed by atoms with Gasteiger partial charge in [0.05, 0.1) is 28.1 Å². The van der Waals surface area contributed by atoms with Gasteiger partial charge >= 0.3 is 6.09 Å². The first-order valence-corrected chi connectivity index (χ1v) is 14.3. The highest BCUT2D eigenvalue weighted by Gasteiger charge is 2.32. The van der Waals surface area contributed by atoms with Crippen molar-refractivity contribution >= 4 is 46.0 Å². The van der Waals surface area contributed by atoms with Gasteiger partial charge in [0.2, 0.25) is 0 Å². The number of hydrogen-bond acceptors (Lipinski definition) is 7. The Morgan fingerprint density at radius 2 is 2.02 bits per heavy atom. The zero-order valence-electron chi connectivity index (χ0n) is 23.6. The maximum atomic E-state index is 13.0. The predicted molar refractivity (Wildman–Crippen MR) is 156 cm³/mol. The number of benzene rings is 2. The minimum absolute atomic E-state index is 0.0682. The van der Waals surface area contributed by atoms with Crippen molar-refractivity contribution < 1.29 is 19.1 Å². The number of halogens is 1. The van der Waals surface area contributed by atoms with E-state index in [9.17, 15) is 9.59 Å². The summed E-state index contributed by atoms with van der Waals surface area (Å²) in [5.41, 5.74) is 4.09. The predicted octanol–water partition coefficient (Wildman–Crippen LogP) is 6.56. The fourth-order valence-corrected chi connectivity index (χ4v) is 5.54. The molecule has 214 valence electrons. The van der Waals surface area contributed by atoms with Crippen molar-refractivity contribution in [3.8, 4) is 5.69 Å². The van der Waals surface area contributed by atoms with Crippen molar-refractivity contribution in [2.75, 3.05) is 18.5 Å². The molecule has 2 aliphatic heterocycles. The van der Waals surface area contributed by atoms with Crippen molar-refractivity contribution in [1.29, 1.82) is 0 Å². The Labute approximate surface area is 243 Å². The van der Waals surface area contributed by atoms with Crippen LogP contribution in [0.2, 0.25) is 5.02 Å². The maximum Gasteiger partial charge on any atom is 0.417 e. The summed E-state index contributed by atoms with van der Waals surface area (Å²) in [6.07, 6.45) is 6.68. The van der Waals surface area contributed by atoms with Crippen LogP contribution in [0.15, 0.2) is 42.7 Å². The van der Waals surface area contributed by atoms with E-state index in [1.807, 2.05) is 42.1 Å². The average molecular weight is 577 g/mol. The van der Waals surface area contributed by atoms with Gasteiger partial charge in [0.1, 0.15) is 5.60 Å². The summed E-state index contributed by atoms with van der Waals surface area (Å²) < 4.78 is 15.0. The van der Waals surface area contributed by atoms with Gasteiger partial charge < -0.3 is 14.8 Å². The summed E-state index contributed by atoms with van der Waals surface area (Å²) in [5, 5.41) is 14.1. The van der Waals surface area contributed by atoms with Crippen molar-refractivity contribution in [2.45, 2.75) is 65.2 Å². The van der Waals surface area contributed by atoms with Crippen LogP contribution < -0.4 is 5.32 Å². The SMILES string of the molecule is Cc1cn(-c2ccc3c(c2)CCN(C(=O)OC(C)(C)C)C3=O)nc1Nc1ccc2c(cnn2C2CCCCO2)c1Cl. The number of aryl methyl sites for hydroxylation is 1. The molecule has 1 atom stereocenters. The van der Waals surface area contributed by atoms with Crippen LogP contribution in [0.3, 0.4) is 0 Å². The molecule has 0 spiro atoms. The third-order valence-corrected chi connectivity index (χ3v) is 7.75. The highest BCUT2D eigenvalue weighted by atomic mass is 35.5. The highest BCUT2D eigenvalue weighted by molar-refractivity contribution is 6.38. The number of nitrogens with zero attached hydrogens (tertiary/aromatic N) is 5. The lowest BCUT2D eigenvalue weighted by atomic mass is 9.98. The molecule has 2 aliphatic rings. The van der Waals surface area contributed by atoms with Crippen LogP contribution in [0.5, 0.6) is 0 Å². The molecule has 0 radical (unpaired) electrons. The Kier molecular flexibility index (Phi) is 6.99. The van der Waals surface area contributed by atoms with E-state index in [1.54, 1.807) is 37.7 Å². The fourth-order valence-electron chi connectivity index (χ4n) is 5.28. The van der Waals surface area contributed by atoms with Gasteiger partial charge in [-0.2, -0.15) is 5.10 Å². The van der Waals surface area contributed by atoms with Gasteiger partial charge in [0, 0.05) is 35.9 Å². The van der Waals surface area contributed by atoms with Gasteiger partial charge in [0.15, 0.2) is 12.0 Å². The number of nitrogens with one attached hydrogen (secondary N) is 1. The Morgan fingerprint density at radius 3 is 2.78 bits per heavy atom. The minimum atomic E-state index is -0.674. The van der Waals surface area contributed by atoms with Gasteiger partial charge in [-0.15, -0.1) is 5.10 Å². The van der Waals surface area contributed by atoms with Crippen molar-refractivity contribution in [1.82, 2.24) is 24.5 Å². The Balaban J connectivity index is 1.22. The minimum Gasteiger partial charge on any atom is -0.443 e. The topological polar surface area (TPSA) is 104 Å². The Hall–Kier alpha value is -3.89. The molecule has 41 heavy (non-hydrogen) atoms. The second kappa shape index (κ2) is 10.5. The lowest BCUT2D eigenvalue weighted by molar-refractivity contribution is -0.0366. The Morgan fingerprint density at radius 1 is 1.20 bits per heavy atom. The fraction of sp³-hybridized carbons (Fsp3) is 0.400. The second-order valence-corrected chi connectivity index (χ2v) is 11.9. The standard InChI is InChI=1S/C30H33ClN6O4/c1-18-17-36(20-8-9-21-19(15-20)12-13-35(28(21)38)29(39)41-30(2,3)4)34-27(18)33-23-10-11-24-22(26(23)31)16-32-37(24)25-7-5-6-14-40-25/h8-11,15-17,25H,5-7,12-14H2,1-4H3,(H,33,34). The van der Waals surface area contributed by atoms with E-state index in [0.29, 0.717) is 22.8 Å². The number of anilines is 2. The summed E-state index contributed by atoms with van der Waals surface area (Å²) in [6, 6.07) is 9.45. The van der Waals surface area contributed by atoms with E-state index in [0.717, 1.165) is 59.3 Å². The van der Waals surface area contributed by atoms with Crippen LogP contribution in [0.25, 0.3) is 16.6 Å². The Bertz CT molecular complexity index is 1650. The molecule has 1 N–H and O–H groups in total. The molecule has 2 amide bonds. The molecule has 2 aromatic heterocycles. The van der Waals surface area contributed by atoms with Crippen LogP contribution in [-0.4, -0.2) is 55.2 Å². The molecule has 4 heterocycles. The first-order valence-electron chi connectivity index (χ1n) is 13.9. The maximum absolute atomic E-state index is 13.0. The molecular formula is C30H33ClN6O4. The zero-order chi connectivity index (χ0) is 28.9. The number of aromatic nitrogens is 4. The quantitative estimate of drug-likeness (QED) is 0.293. The van der Waals surface area contributed by atoms with Crippen LogP contribution in [0.4, 0.5) is 16.3 Å². The summed E-state index contributed by atoms with van der Waals surface area (Å²) in [6.45, 7) is 8.32. The lowest BCUT2D eigenvalue weighted by Gasteiger charge is -2.29. The molecule has 6 rings (SSSR count). The number of rotatable bonds is 4. The highest BCUT2D eigenvalue weighted by Crippen LogP contribution is 2.36. The number of amides is 2. The molecule has 4 aromatic rings. The molecule has 0 saturated carbocycles. The number of carbonyl (C=O) groups is 2. The van der Waals surface area contributed by atoms with E-state index in [-0.39, 0.29) is 18.7 Å².